The van der Waals surface area contributed by atoms with Gasteiger partial charge in [0, 0.05) is 22.2 Å². The lowest BCUT2D eigenvalue weighted by molar-refractivity contribution is 0.102. The second-order valence-electron chi connectivity index (χ2n) is 7.53. The van der Waals surface area contributed by atoms with Crippen molar-refractivity contribution >= 4 is 22.6 Å². The van der Waals surface area contributed by atoms with Crippen LogP contribution in [0.3, 0.4) is 0 Å². The number of imidazole rings is 1. The molecule has 1 amide bonds. The number of carbonyl (C=O) groups is 1. The molecule has 0 spiro atoms. The first kappa shape index (κ1) is 18.8. The SMILES string of the molecule is COc1cc(C(=O)Nc2ccc3nc(C(C)(C)C)[nH]c3c2)cc(OC)c1C. The van der Waals surface area contributed by atoms with Crippen LogP contribution in [0.15, 0.2) is 30.3 Å². The van der Waals surface area contributed by atoms with Crippen LogP contribution in [-0.4, -0.2) is 30.1 Å². The standard InChI is InChI=1S/C21H25N3O3/c1-12-17(26-5)9-13(10-18(12)27-6)19(25)22-14-7-8-15-16(11-14)24-20(23-15)21(2,3)4/h7-11H,1-6H3,(H,22,25)(H,23,24). The molecule has 6 heteroatoms. The minimum Gasteiger partial charge on any atom is -0.496 e. The van der Waals surface area contributed by atoms with Crippen LogP contribution in [-0.2, 0) is 5.41 Å². The fourth-order valence-corrected chi connectivity index (χ4v) is 2.86. The zero-order valence-corrected chi connectivity index (χ0v) is 16.6. The zero-order valence-electron chi connectivity index (χ0n) is 16.6. The van der Waals surface area contributed by atoms with E-state index in [1.807, 2.05) is 25.1 Å². The highest BCUT2D eigenvalue weighted by molar-refractivity contribution is 6.05. The Morgan fingerprint density at radius 3 is 2.26 bits per heavy atom. The number of rotatable bonds is 4. The van der Waals surface area contributed by atoms with Gasteiger partial charge in [-0.1, -0.05) is 20.8 Å². The normalized spacial score (nSPS) is 11.5. The van der Waals surface area contributed by atoms with Crippen LogP contribution >= 0.6 is 0 Å². The van der Waals surface area contributed by atoms with Gasteiger partial charge in [0.25, 0.3) is 5.91 Å². The van der Waals surface area contributed by atoms with Crippen LogP contribution in [0.5, 0.6) is 11.5 Å². The topological polar surface area (TPSA) is 76.2 Å². The third kappa shape index (κ3) is 3.74. The summed E-state index contributed by atoms with van der Waals surface area (Å²) in [6.45, 7) is 8.20. The molecule has 0 radical (unpaired) electrons. The van der Waals surface area contributed by atoms with E-state index in [0.29, 0.717) is 22.7 Å². The maximum Gasteiger partial charge on any atom is 0.255 e. The summed E-state index contributed by atoms with van der Waals surface area (Å²) >= 11 is 0. The van der Waals surface area contributed by atoms with E-state index in [1.54, 1.807) is 26.4 Å². The summed E-state index contributed by atoms with van der Waals surface area (Å²) in [5, 5.41) is 2.92. The predicted molar refractivity (Wildman–Crippen MR) is 107 cm³/mol. The number of aromatic amines is 1. The average molecular weight is 367 g/mol. The van der Waals surface area contributed by atoms with Crippen molar-refractivity contribution in [3.63, 3.8) is 0 Å². The minimum absolute atomic E-state index is 0.0720. The number of H-pyrrole nitrogens is 1. The molecule has 27 heavy (non-hydrogen) atoms. The smallest absolute Gasteiger partial charge is 0.255 e. The monoisotopic (exact) mass is 367 g/mol. The summed E-state index contributed by atoms with van der Waals surface area (Å²) in [5.74, 6) is 1.90. The largest absolute Gasteiger partial charge is 0.496 e. The van der Waals surface area contributed by atoms with Gasteiger partial charge in [0.2, 0.25) is 0 Å². The Bertz CT molecular complexity index is 975. The number of carbonyl (C=O) groups excluding carboxylic acids is 1. The van der Waals surface area contributed by atoms with Gasteiger partial charge in [-0.3, -0.25) is 4.79 Å². The van der Waals surface area contributed by atoms with Crippen molar-refractivity contribution in [3.05, 3.63) is 47.3 Å². The van der Waals surface area contributed by atoms with E-state index in [0.717, 1.165) is 22.4 Å². The molecule has 0 aliphatic carbocycles. The van der Waals surface area contributed by atoms with Crippen molar-refractivity contribution in [2.24, 2.45) is 0 Å². The van der Waals surface area contributed by atoms with E-state index >= 15 is 0 Å². The van der Waals surface area contributed by atoms with Crippen molar-refractivity contribution in [2.75, 3.05) is 19.5 Å². The Kier molecular flexibility index (Phi) is 4.83. The summed E-state index contributed by atoms with van der Waals surface area (Å²) < 4.78 is 10.7. The molecule has 3 rings (SSSR count). The second kappa shape index (κ2) is 6.95. The molecular weight excluding hydrogens is 342 g/mol. The molecule has 0 aliphatic rings. The van der Waals surface area contributed by atoms with Gasteiger partial charge in [0.15, 0.2) is 0 Å². The van der Waals surface area contributed by atoms with E-state index in [-0.39, 0.29) is 11.3 Å². The number of aromatic nitrogens is 2. The Balaban J connectivity index is 1.90. The number of fused-ring (bicyclic) bond motifs is 1. The highest BCUT2D eigenvalue weighted by Crippen LogP contribution is 2.30. The van der Waals surface area contributed by atoms with Gasteiger partial charge in [-0.05, 0) is 37.3 Å². The molecular formula is C21H25N3O3. The van der Waals surface area contributed by atoms with Crippen molar-refractivity contribution < 1.29 is 14.3 Å². The molecule has 1 aromatic heterocycles. The zero-order chi connectivity index (χ0) is 19.8. The van der Waals surface area contributed by atoms with Crippen LogP contribution in [0.4, 0.5) is 5.69 Å². The Labute approximate surface area is 158 Å². The number of hydrogen-bond acceptors (Lipinski definition) is 4. The fourth-order valence-electron chi connectivity index (χ4n) is 2.86. The lowest BCUT2D eigenvalue weighted by Crippen LogP contribution is -2.13. The van der Waals surface area contributed by atoms with Gasteiger partial charge >= 0.3 is 0 Å². The van der Waals surface area contributed by atoms with Gasteiger partial charge in [-0.25, -0.2) is 4.98 Å². The molecule has 142 valence electrons. The maximum absolute atomic E-state index is 12.7. The summed E-state index contributed by atoms with van der Waals surface area (Å²) in [7, 11) is 3.14. The number of ether oxygens (including phenoxy) is 2. The molecule has 2 aromatic carbocycles. The van der Waals surface area contributed by atoms with Crippen LogP contribution in [0.1, 0.15) is 42.5 Å². The first-order valence-electron chi connectivity index (χ1n) is 8.77. The highest BCUT2D eigenvalue weighted by Gasteiger charge is 2.19. The summed E-state index contributed by atoms with van der Waals surface area (Å²) in [4.78, 5) is 20.7. The van der Waals surface area contributed by atoms with Crippen LogP contribution < -0.4 is 14.8 Å². The Morgan fingerprint density at radius 1 is 1.07 bits per heavy atom. The molecule has 1 heterocycles. The number of nitrogens with one attached hydrogen (secondary N) is 2. The van der Waals surface area contributed by atoms with Gasteiger partial charge in [-0.15, -0.1) is 0 Å². The lowest BCUT2D eigenvalue weighted by Gasteiger charge is -2.13. The Morgan fingerprint density at radius 2 is 1.70 bits per heavy atom. The Hall–Kier alpha value is -3.02. The summed E-state index contributed by atoms with van der Waals surface area (Å²) in [6.07, 6.45) is 0. The summed E-state index contributed by atoms with van der Waals surface area (Å²) in [5.41, 5.74) is 3.69. The lowest BCUT2D eigenvalue weighted by atomic mass is 9.96. The molecule has 0 bridgehead atoms. The quantitative estimate of drug-likeness (QED) is 0.715. The van der Waals surface area contributed by atoms with Crippen molar-refractivity contribution in [2.45, 2.75) is 33.1 Å². The highest BCUT2D eigenvalue weighted by atomic mass is 16.5. The van der Waals surface area contributed by atoms with Crippen LogP contribution in [0.2, 0.25) is 0 Å². The van der Waals surface area contributed by atoms with Gasteiger partial charge in [0.1, 0.15) is 17.3 Å². The molecule has 0 saturated heterocycles. The third-order valence-electron chi connectivity index (χ3n) is 4.46. The van der Waals surface area contributed by atoms with E-state index in [9.17, 15) is 4.79 Å². The van der Waals surface area contributed by atoms with Crippen molar-refractivity contribution in [1.29, 1.82) is 0 Å². The number of methoxy groups -OCH3 is 2. The molecule has 0 atom stereocenters. The molecule has 0 saturated carbocycles. The predicted octanol–water partition coefficient (Wildman–Crippen LogP) is 4.44. The molecule has 0 fully saturated rings. The number of nitrogens with zero attached hydrogens (tertiary/aromatic N) is 1. The van der Waals surface area contributed by atoms with Gasteiger partial charge in [0.05, 0.1) is 25.3 Å². The summed E-state index contributed by atoms with van der Waals surface area (Å²) in [6, 6.07) is 9.04. The molecule has 6 nitrogen and oxygen atoms in total. The number of anilines is 1. The van der Waals surface area contributed by atoms with Crippen LogP contribution in [0, 0.1) is 6.92 Å². The average Bonchev–Trinajstić information content (AvgIpc) is 3.05. The van der Waals surface area contributed by atoms with E-state index in [4.69, 9.17) is 9.47 Å². The van der Waals surface area contributed by atoms with Gasteiger partial charge < -0.3 is 19.8 Å². The first-order chi connectivity index (χ1) is 12.7. The van der Waals surface area contributed by atoms with Crippen LogP contribution in [0.25, 0.3) is 11.0 Å². The fraction of sp³-hybridized carbons (Fsp3) is 0.333. The molecule has 0 unspecified atom stereocenters. The molecule has 0 aliphatic heterocycles. The molecule has 2 N–H and O–H groups in total. The first-order valence-corrected chi connectivity index (χ1v) is 8.77. The number of hydrogen-bond donors (Lipinski definition) is 2. The molecule has 3 aromatic rings. The van der Waals surface area contributed by atoms with Gasteiger partial charge in [-0.2, -0.15) is 0 Å². The van der Waals surface area contributed by atoms with Crippen molar-refractivity contribution in [1.82, 2.24) is 9.97 Å². The van der Waals surface area contributed by atoms with E-state index < -0.39 is 0 Å². The van der Waals surface area contributed by atoms with E-state index in [2.05, 4.69) is 36.1 Å². The number of amides is 1. The van der Waals surface area contributed by atoms with E-state index in [1.165, 1.54) is 0 Å². The third-order valence-corrected chi connectivity index (χ3v) is 4.46. The maximum atomic E-state index is 12.7. The number of benzene rings is 2. The van der Waals surface area contributed by atoms with Crippen molar-refractivity contribution in [3.8, 4) is 11.5 Å². The minimum atomic E-state index is -0.235. The second-order valence-corrected chi connectivity index (χ2v) is 7.53.